The summed E-state index contributed by atoms with van der Waals surface area (Å²) in [4.78, 5) is 0. The number of ether oxygens (including phenoxy) is 1. The molecule has 0 aliphatic carbocycles. The van der Waals surface area contributed by atoms with Gasteiger partial charge in [0.05, 0.1) is 7.11 Å². The molecule has 78 valence electrons. The van der Waals surface area contributed by atoms with Crippen LogP contribution in [0.5, 0.6) is 17.2 Å². The van der Waals surface area contributed by atoms with Crippen LogP contribution in [0.2, 0.25) is 0 Å². The van der Waals surface area contributed by atoms with Gasteiger partial charge >= 0.3 is 6.18 Å². The predicted molar refractivity (Wildman–Crippen MR) is 41.3 cm³/mol. The van der Waals surface area contributed by atoms with Gasteiger partial charge in [-0.3, -0.25) is 0 Å². The van der Waals surface area contributed by atoms with Gasteiger partial charge in [0.2, 0.25) is 0 Å². The Kier molecular flexibility index (Phi) is 2.46. The summed E-state index contributed by atoms with van der Waals surface area (Å²) in [6.07, 6.45) is -4.70. The van der Waals surface area contributed by atoms with Crippen LogP contribution in [-0.4, -0.2) is 17.3 Å². The van der Waals surface area contributed by atoms with E-state index in [4.69, 9.17) is 10.2 Å². The average molecular weight is 208 g/mol. The van der Waals surface area contributed by atoms with Crippen LogP contribution in [0.3, 0.4) is 0 Å². The number of hydrogen-bond acceptors (Lipinski definition) is 3. The van der Waals surface area contributed by atoms with Crippen molar-refractivity contribution in [3.8, 4) is 17.2 Å². The molecule has 1 aromatic carbocycles. The van der Waals surface area contributed by atoms with Crippen LogP contribution >= 0.6 is 0 Å². The molecular weight excluding hydrogens is 201 g/mol. The molecule has 0 heterocycles. The molecule has 0 atom stereocenters. The van der Waals surface area contributed by atoms with Crippen molar-refractivity contribution in [2.75, 3.05) is 7.11 Å². The van der Waals surface area contributed by atoms with Crippen LogP contribution in [0.25, 0.3) is 0 Å². The fourth-order valence-corrected chi connectivity index (χ4v) is 0.948. The van der Waals surface area contributed by atoms with E-state index in [1.807, 2.05) is 0 Å². The average Bonchev–Trinajstić information content (AvgIpc) is 2.06. The number of methoxy groups -OCH3 is 1. The number of phenols is 2. The molecular formula is C8H7F3O3. The number of aromatic hydroxyl groups is 2. The molecule has 0 saturated heterocycles. The Morgan fingerprint density at radius 1 is 1.14 bits per heavy atom. The van der Waals surface area contributed by atoms with Gasteiger partial charge < -0.3 is 14.9 Å². The Balaban J connectivity index is 3.29. The third kappa shape index (κ3) is 1.84. The summed E-state index contributed by atoms with van der Waals surface area (Å²) < 4.78 is 41.0. The zero-order chi connectivity index (χ0) is 10.9. The van der Waals surface area contributed by atoms with E-state index in [9.17, 15) is 13.2 Å². The predicted octanol–water partition coefficient (Wildman–Crippen LogP) is 2.13. The third-order valence-electron chi connectivity index (χ3n) is 1.60. The van der Waals surface area contributed by atoms with Crippen LogP contribution in [0.15, 0.2) is 12.1 Å². The van der Waals surface area contributed by atoms with Gasteiger partial charge in [-0.15, -0.1) is 0 Å². The minimum Gasteiger partial charge on any atom is -0.507 e. The fraction of sp³-hybridized carbons (Fsp3) is 0.250. The van der Waals surface area contributed by atoms with Gasteiger partial charge in [0.15, 0.2) is 11.5 Å². The van der Waals surface area contributed by atoms with E-state index < -0.39 is 23.2 Å². The molecule has 1 aromatic rings. The number of halogens is 3. The Morgan fingerprint density at radius 2 is 1.71 bits per heavy atom. The highest BCUT2D eigenvalue weighted by atomic mass is 19.4. The molecule has 0 aliphatic rings. The second kappa shape index (κ2) is 3.28. The molecule has 0 unspecified atom stereocenters. The van der Waals surface area contributed by atoms with E-state index in [2.05, 4.69) is 4.74 Å². The number of rotatable bonds is 1. The lowest BCUT2D eigenvalue weighted by atomic mass is 10.1. The largest absolute Gasteiger partial charge is 0.507 e. The van der Waals surface area contributed by atoms with Crippen molar-refractivity contribution >= 4 is 0 Å². The van der Waals surface area contributed by atoms with Crippen molar-refractivity contribution in [2.45, 2.75) is 6.18 Å². The van der Waals surface area contributed by atoms with Crippen molar-refractivity contribution in [1.29, 1.82) is 0 Å². The van der Waals surface area contributed by atoms with E-state index in [1.54, 1.807) is 0 Å². The lowest BCUT2D eigenvalue weighted by molar-refractivity contribution is -0.138. The van der Waals surface area contributed by atoms with Crippen LogP contribution in [0, 0.1) is 0 Å². The van der Waals surface area contributed by atoms with E-state index in [-0.39, 0.29) is 5.75 Å². The Bertz CT molecular complexity index is 346. The molecule has 3 nitrogen and oxygen atoms in total. The maximum absolute atomic E-state index is 12.2. The molecule has 0 amide bonds. The maximum atomic E-state index is 12.2. The Morgan fingerprint density at radius 3 is 2.14 bits per heavy atom. The highest BCUT2D eigenvalue weighted by Gasteiger charge is 2.35. The van der Waals surface area contributed by atoms with E-state index in [0.717, 1.165) is 0 Å². The van der Waals surface area contributed by atoms with Crippen molar-refractivity contribution < 1.29 is 28.1 Å². The zero-order valence-electron chi connectivity index (χ0n) is 7.09. The minimum absolute atomic E-state index is 0.212. The van der Waals surface area contributed by atoms with Crippen molar-refractivity contribution in [2.24, 2.45) is 0 Å². The van der Waals surface area contributed by atoms with Crippen molar-refractivity contribution in [3.63, 3.8) is 0 Å². The second-order valence-corrected chi connectivity index (χ2v) is 2.54. The van der Waals surface area contributed by atoms with Gasteiger partial charge in [-0.1, -0.05) is 0 Å². The summed E-state index contributed by atoms with van der Waals surface area (Å²) in [7, 11) is 1.17. The van der Waals surface area contributed by atoms with Crippen LogP contribution in [0.1, 0.15) is 5.56 Å². The molecule has 0 aliphatic heterocycles. The highest BCUT2D eigenvalue weighted by Crippen LogP contribution is 2.41. The quantitative estimate of drug-likeness (QED) is 0.695. The third-order valence-corrected chi connectivity index (χ3v) is 1.60. The Hall–Kier alpha value is -1.59. The molecule has 0 spiro atoms. The van der Waals surface area contributed by atoms with E-state index in [0.29, 0.717) is 12.1 Å². The second-order valence-electron chi connectivity index (χ2n) is 2.54. The molecule has 6 heteroatoms. The molecule has 0 aromatic heterocycles. The molecule has 0 bridgehead atoms. The first kappa shape index (κ1) is 10.5. The topological polar surface area (TPSA) is 49.7 Å². The standard InChI is InChI=1S/C8H7F3O3/c1-14-7-3-5(12)4(2-6(7)13)8(9,10)11/h2-3,12-13H,1H3. The molecule has 1 rings (SSSR count). The van der Waals surface area contributed by atoms with Crippen molar-refractivity contribution in [1.82, 2.24) is 0 Å². The first-order chi connectivity index (χ1) is 6.36. The van der Waals surface area contributed by atoms with Crippen LogP contribution in [-0.2, 0) is 6.18 Å². The molecule has 0 radical (unpaired) electrons. The molecule has 2 N–H and O–H groups in total. The van der Waals surface area contributed by atoms with E-state index >= 15 is 0 Å². The zero-order valence-corrected chi connectivity index (χ0v) is 7.09. The maximum Gasteiger partial charge on any atom is 0.420 e. The first-order valence-corrected chi connectivity index (χ1v) is 3.53. The van der Waals surface area contributed by atoms with Gasteiger partial charge in [0, 0.05) is 6.07 Å². The minimum atomic E-state index is -4.70. The van der Waals surface area contributed by atoms with Gasteiger partial charge in [0.1, 0.15) is 11.3 Å². The van der Waals surface area contributed by atoms with Gasteiger partial charge in [-0.2, -0.15) is 13.2 Å². The lowest BCUT2D eigenvalue weighted by Gasteiger charge is -2.11. The summed E-state index contributed by atoms with van der Waals surface area (Å²) in [6, 6.07) is 1.12. The SMILES string of the molecule is COc1cc(O)c(C(F)(F)F)cc1O. The number of alkyl halides is 3. The summed E-state index contributed by atoms with van der Waals surface area (Å²) in [5, 5.41) is 18.0. The summed E-state index contributed by atoms with van der Waals surface area (Å²) in [6.45, 7) is 0. The normalized spacial score (nSPS) is 11.4. The van der Waals surface area contributed by atoms with Crippen LogP contribution < -0.4 is 4.74 Å². The summed E-state index contributed by atoms with van der Waals surface area (Å²) in [5.74, 6) is -1.86. The van der Waals surface area contributed by atoms with Gasteiger partial charge in [-0.05, 0) is 6.07 Å². The smallest absolute Gasteiger partial charge is 0.420 e. The number of phenolic OH excluding ortho intramolecular Hbond substituents is 2. The summed E-state index contributed by atoms with van der Waals surface area (Å²) in [5.41, 5.74) is -1.30. The molecule has 0 fully saturated rings. The van der Waals surface area contributed by atoms with Gasteiger partial charge in [0.25, 0.3) is 0 Å². The monoisotopic (exact) mass is 208 g/mol. The van der Waals surface area contributed by atoms with Gasteiger partial charge in [-0.25, -0.2) is 0 Å². The fourth-order valence-electron chi connectivity index (χ4n) is 0.948. The molecule has 14 heavy (non-hydrogen) atoms. The summed E-state index contributed by atoms with van der Waals surface area (Å²) >= 11 is 0. The number of benzene rings is 1. The van der Waals surface area contributed by atoms with Crippen LogP contribution in [0.4, 0.5) is 13.2 Å². The highest BCUT2D eigenvalue weighted by molar-refractivity contribution is 5.50. The first-order valence-electron chi connectivity index (χ1n) is 3.53. The number of hydrogen-bond donors (Lipinski definition) is 2. The molecule has 0 saturated carbocycles. The van der Waals surface area contributed by atoms with Crippen molar-refractivity contribution in [3.05, 3.63) is 17.7 Å². The lowest BCUT2D eigenvalue weighted by Crippen LogP contribution is -2.05. The Labute approximate surface area is 77.4 Å². The van der Waals surface area contributed by atoms with E-state index in [1.165, 1.54) is 7.11 Å².